The number of nitrogens with zero attached hydrogens (tertiary/aromatic N) is 3. The molecule has 7 nitrogen and oxygen atoms in total. The van der Waals surface area contributed by atoms with Crippen LogP contribution in [-0.4, -0.2) is 34.7 Å². The Kier molecular flexibility index (Phi) is 8.89. The maximum absolute atomic E-state index is 12.9. The van der Waals surface area contributed by atoms with E-state index in [-0.39, 0.29) is 29.9 Å². The van der Waals surface area contributed by atoms with Gasteiger partial charge < -0.3 is 15.1 Å². The number of hydrogen-bond acceptors (Lipinski definition) is 4. The molecule has 0 amide bonds. The Morgan fingerprint density at radius 1 is 1.23 bits per heavy atom. The minimum Gasteiger partial charge on any atom is -0.461 e. The Labute approximate surface area is 195 Å². The maximum Gasteiger partial charge on any atom is 0.416 e. The van der Waals surface area contributed by atoms with E-state index in [4.69, 9.17) is 4.42 Å². The van der Waals surface area contributed by atoms with Crippen molar-refractivity contribution < 1.29 is 17.6 Å². The van der Waals surface area contributed by atoms with Crippen molar-refractivity contribution >= 4 is 29.9 Å². The molecular weight excluding hydrogens is 524 g/mol. The van der Waals surface area contributed by atoms with Gasteiger partial charge in [-0.2, -0.15) is 13.2 Å². The van der Waals surface area contributed by atoms with Crippen LogP contribution in [0.1, 0.15) is 36.2 Å². The Morgan fingerprint density at radius 3 is 2.71 bits per heavy atom. The molecule has 3 rings (SSSR count). The number of aromatic amines is 1. The molecule has 0 aliphatic carbocycles. The molecule has 0 bridgehead atoms. The molecule has 0 saturated heterocycles. The summed E-state index contributed by atoms with van der Waals surface area (Å²) < 4.78 is 43.9. The van der Waals surface area contributed by atoms with Crippen LogP contribution in [0.5, 0.6) is 0 Å². The van der Waals surface area contributed by atoms with Crippen molar-refractivity contribution in [2.75, 3.05) is 13.6 Å². The van der Waals surface area contributed by atoms with E-state index >= 15 is 0 Å². The molecule has 11 heteroatoms. The summed E-state index contributed by atoms with van der Waals surface area (Å²) in [4.78, 5) is 8.48. The van der Waals surface area contributed by atoms with Gasteiger partial charge >= 0.3 is 6.18 Å². The number of rotatable bonds is 7. The number of halogens is 4. The third kappa shape index (κ3) is 6.97. The molecule has 1 unspecified atom stereocenters. The van der Waals surface area contributed by atoms with Crippen molar-refractivity contribution in [2.45, 2.75) is 32.0 Å². The summed E-state index contributed by atoms with van der Waals surface area (Å²) in [6, 6.07) is 8.98. The van der Waals surface area contributed by atoms with Crippen LogP contribution in [0.2, 0.25) is 0 Å². The number of alkyl halides is 3. The summed E-state index contributed by atoms with van der Waals surface area (Å²) in [7, 11) is 1.64. The molecule has 0 radical (unpaired) electrons. The molecule has 168 valence electrons. The van der Waals surface area contributed by atoms with E-state index < -0.39 is 11.7 Å². The lowest BCUT2D eigenvalue weighted by molar-refractivity contribution is -0.137. The van der Waals surface area contributed by atoms with Crippen LogP contribution in [0.4, 0.5) is 13.2 Å². The van der Waals surface area contributed by atoms with Crippen molar-refractivity contribution in [2.24, 2.45) is 4.99 Å². The highest BCUT2D eigenvalue weighted by atomic mass is 127. The SMILES string of the molecule is CN=C(NCCC(C)c1cccc(C(F)(F)F)c1)NCc1nc(-c2ccco2)n[nH]1.I. The van der Waals surface area contributed by atoms with Gasteiger partial charge in [0.2, 0.25) is 5.82 Å². The van der Waals surface area contributed by atoms with Crippen molar-refractivity contribution in [1.29, 1.82) is 0 Å². The Morgan fingerprint density at radius 2 is 2.03 bits per heavy atom. The largest absolute Gasteiger partial charge is 0.461 e. The maximum atomic E-state index is 12.9. The highest BCUT2D eigenvalue weighted by Gasteiger charge is 2.30. The predicted molar refractivity (Wildman–Crippen MR) is 122 cm³/mol. The first-order valence-electron chi connectivity index (χ1n) is 9.43. The molecule has 0 spiro atoms. The molecular formula is C20H24F3IN6O. The second kappa shape index (κ2) is 11.2. The Hall–Kier alpha value is -2.57. The quantitative estimate of drug-likeness (QED) is 0.229. The zero-order valence-corrected chi connectivity index (χ0v) is 19.4. The first-order valence-corrected chi connectivity index (χ1v) is 9.43. The molecule has 31 heavy (non-hydrogen) atoms. The molecule has 1 aromatic carbocycles. The van der Waals surface area contributed by atoms with Gasteiger partial charge in [-0.25, -0.2) is 4.98 Å². The Bertz CT molecular complexity index is 971. The van der Waals surface area contributed by atoms with E-state index in [0.29, 0.717) is 48.4 Å². The van der Waals surface area contributed by atoms with E-state index in [1.807, 2.05) is 6.92 Å². The number of guanidine groups is 1. The van der Waals surface area contributed by atoms with Crippen LogP contribution in [0.25, 0.3) is 11.6 Å². The molecule has 2 aromatic heterocycles. The molecule has 0 aliphatic heterocycles. The average molecular weight is 548 g/mol. The van der Waals surface area contributed by atoms with Gasteiger partial charge in [0.15, 0.2) is 11.7 Å². The molecule has 3 N–H and O–H groups in total. The van der Waals surface area contributed by atoms with Crippen LogP contribution in [0, 0.1) is 0 Å². The fourth-order valence-electron chi connectivity index (χ4n) is 2.87. The van der Waals surface area contributed by atoms with Gasteiger partial charge in [0, 0.05) is 13.6 Å². The zero-order chi connectivity index (χ0) is 21.6. The summed E-state index contributed by atoms with van der Waals surface area (Å²) >= 11 is 0. The molecule has 1 atom stereocenters. The van der Waals surface area contributed by atoms with Crippen LogP contribution < -0.4 is 10.6 Å². The number of aromatic nitrogens is 3. The topological polar surface area (TPSA) is 91.1 Å². The zero-order valence-electron chi connectivity index (χ0n) is 17.0. The van der Waals surface area contributed by atoms with Crippen molar-refractivity contribution in [3.63, 3.8) is 0 Å². The van der Waals surface area contributed by atoms with Crippen LogP contribution in [0.15, 0.2) is 52.1 Å². The van der Waals surface area contributed by atoms with Gasteiger partial charge in [-0.3, -0.25) is 10.1 Å². The predicted octanol–water partition coefficient (Wildman–Crippen LogP) is 4.56. The van der Waals surface area contributed by atoms with Gasteiger partial charge in [-0.1, -0.05) is 25.1 Å². The number of H-pyrrole nitrogens is 1. The normalized spacial score (nSPS) is 12.9. The number of nitrogens with one attached hydrogen (secondary N) is 3. The Balaban J connectivity index is 0.00000341. The van der Waals surface area contributed by atoms with Crippen molar-refractivity contribution in [3.8, 4) is 11.6 Å². The number of furan rings is 1. The minimum atomic E-state index is -4.34. The monoisotopic (exact) mass is 548 g/mol. The summed E-state index contributed by atoms with van der Waals surface area (Å²) in [5, 5.41) is 13.2. The van der Waals surface area contributed by atoms with E-state index in [1.54, 1.807) is 31.5 Å². The molecule has 0 aliphatic rings. The first kappa shape index (κ1) is 24.7. The molecule has 0 saturated carbocycles. The van der Waals surface area contributed by atoms with E-state index in [0.717, 1.165) is 6.07 Å². The highest BCUT2D eigenvalue weighted by molar-refractivity contribution is 14.0. The molecule has 2 heterocycles. The van der Waals surface area contributed by atoms with Crippen molar-refractivity contribution in [1.82, 2.24) is 25.8 Å². The lowest BCUT2D eigenvalue weighted by Gasteiger charge is -2.16. The standard InChI is InChI=1S/C20H23F3N6O.HI/c1-13(14-5-3-6-15(11-14)20(21,22)23)8-9-25-19(24-2)26-12-17-27-18(29-28-17)16-7-4-10-30-16;/h3-7,10-11,13H,8-9,12H2,1-2H3,(H2,24,25,26)(H,27,28,29);1H. The second-order valence-electron chi connectivity index (χ2n) is 6.75. The van der Waals surface area contributed by atoms with Gasteiger partial charge in [0.25, 0.3) is 0 Å². The van der Waals surface area contributed by atoms with Gasteiger partial charge in [0.1, 0.15) is 5.82 Å². The fourth-order valence-corrected chi connectivity index (χ4v) is 2.87. The fraction of sp³-hybridized carbons (Fsp3) is 0.350. The van der Waals surface area contributed by atoms with Crippen LogP contribution in [0.3, 0.4) is 0 Å². The lowest BCUT2D eigenvalue weighted by atomic mass is 9.96. The van der Waals surface area contributed by atoms with E-state index in [1.165, 1.54) is 12.1 Å². The lowest BCUT2D eigenvalue weighted by Crippen LogP contribution is -2.37. The van der Waals surface area contributed by atoms with Gasteiger partial charge in [0.05, 0.1) is 18.4 Å². The van der Waals surface area contributed by atoms with Crippen LogP contribution >= 0.6 is 24.0 Å². The third-order valence-electron chi connectivity index (χ3n) is 4.57. The summed E-state index contributed by atoms with van der Waals surface area (Å²) in [6.45, 7) is 2.82. The molecule has 3 aromatic rings. The smallest absolute Gasteiger partial charge is 0.416 e. The first-order chi connectivity index (χ1) is 14.4. The van der Waals surface area contributed by atoms with E-state index in [2.05, 4.69) is 30.8 Å². The van der Waals surface area contributed by atoms with E-state index in [9.17, 15) is 13.2 Å². The van der Waals surface area contributed by atoms with Crippen LogP contribution in [-0.2, 0) is 12.7 Å². The average Bonchev–Trinajstić information content (AvgIpc) is 3.41. The summed E-state index contributed by atoms with van der Waals surface area (Å²) in [6.07, 6.45) is -2.14. The van der Waals surface area contributed by atoms with Gasteiger partial charge in [-0.05, 0) is 36.1 Å². The van der Waals surface area contributed by atoms with Crippen molar-refractivity contribution in [3.05, 3.63) is 59.6 Å². The van der Waals surface area contributed by atoms with Gasteiger partial charge in [-0.15, -0.1) is 29.1 Å². The summed E-state index contributed by atoms with van der Waals surface area (Å²) in [5.41, 5.74) is 0.0277. The third-order valence-corrected chi connectivity index (χ3v) is 4.57. The number of hydrogen-bond donors (Lipinski definition) is 3. The summed E-state index contributed by atoms with van der Waals surface area (Å²) in [5.74, 6) is 2.17. The second-order valence-corrected chi connectivity index (χ2v) is 6.75. The minimum absolute atomic E-state index is 0. The number of benzene rings is 1. The molecule has 0 fully saturated rings. The highest BCUT2D eigenvalue weighted by Crippen LogP contribution is 2.31. The number of aliphatic imine (C=N–C) groups is 1.